The van der Waals surface area contributed by atoms with E-state index >= 15 is 0 Å². The van der Waals surface area contributed by atoms with Crippen LogP contribution in [0, 0.1) is 6.92 Å². The highest BCUT2D eigenvalue weighted by Gasteiger charge is 2.31. The monoisotopic (exact) mass is 371 g/mol. The molecular weight excluding hydrogens is 357 g/mol. The molecule has 0 amide bonds. The fourth-order valence-electron chi connectivity index (χ4n) is 2.40. The summed E-state index contributed by atoms with van der Waals surface area (Å²) in [6, 6.07) is 22.9. The third-order valence-electron chi connectivity index (χ3n) is 3.57. The lowest BCUT2D eigenvalue weighted by Gasteiger charge is -2.19. The maximum Gasteiger partial charge on any atom is 0.188 e. The van der Waals surface area contributed by atoms with Gasteiger partial charge in [-0.05, 0) is 35.0 Å². The topological polar surface area (TPSA) is 30.0 Å². The number of pyridine rings is 1. The van der Waals surface area contributed by atoms with Crippen LogP contribution in [0.2, 0.25) is 0 Å². The molecular formula is C18H15BrNOP. The second kappa shape index (κ2) is 6.20. The molecule has 3 rings (SSSR count). The van der Waals surface area contributed by atoms with E-state index in [9.17, 15) is 4.57 Å². The van der Waals surface area contributed by atoms with Crippen molar-refractivity contribution in [2.45, 2.75) is 6.92 Å². The van der Waals surface area contributed by atoms with Crippen molar-refractivity contribution in [3.63, 3.8) is 0 Å². The molecule has 2 nitrogen and oxygen atoms in total. The lowest BCUT2D eigenvalue weighted by molar-refractivity contribution is 0.592. The lowest BCUT2D eigenvalue weighted by atomic mass is 10.4. The Kier molecular flexibility index (Phi) is 4.28. The van der Waals surface area contributed by atoms with Gasteiger partial charge in [0.15, 0.2) is 7.14 Å². The van der Waals surface area contributed by atoms with E-state index in [0.717, 1.165) is 20.8 Å². The average molecular weight is 372 g/mol. The molecule has 2 aromatic carbocycles. The number of rotatable bonds is 3. The molecule has 0 fully saturated rings. The highest BCUT2D eigenvalue weighted by atomic mass is 79.9. The zero-order chi connectivity index (χ0) is 15.6. The Hall–Kier alpha value is -1.70. The molecule has 0 atom stereocenters. The largest absolute Gasteiger partial charge is 0.307 e. The van der Waals surface area contributed by atoms with Crippen LogP contribution in [0.25, 0.3) is 0 Å². The number of benzene rings is 2. The fourth-order valence-corrected chi connectivity index (χ4v) is 5.20. The van der Waals surface area contributed by atoms with Crippen LogP contribution in [-0.2, 0) is 4.57 Å². The molecule has 1 heterocycles. The van der Waals surface area contributed by atoms with E-state index in [1.807, 2.05) is 79.7 Å². The van der Waals surface area contributed by atoms with E-state index in [4.69, 9.17) is 0 Å². The Morgan fingerprint density at radius 3 is 1.77 bits per heavy atom. The number of hydrogen-bond acceptors (Lipinski definition) is 2. The van der Waals surface area contributed by atoms with Gasteiger partial charge in [0.2, 0.25) is 0 Å². The standard InChI is InChI=1S/C18H15BrNOP/c1-14-17(19)12-13-18(20-14)22(21,15-8-4-2-5-9-15)16-10-6-3-7-11-16/h2-13H,1H3. The van der Waals surface area contributed by atoms with Gasteiger partial charge in [0, 0.05) is 15.1 Å². The number of aryl methyl sites for hydroxylation is 1. The molecule has 1 aromatic heterocycles. The summed E-state index contributed by atoms with van der Waals surface area (Å²) in [5.41, 5.74) is 1.45. The van der Waals surface area contributed by atoms with Crippen LogP contribution in [0.5, 0.6) is 0 Å². The predicted molar refractivity (Wildman–Crippen MR) is 96.1 cm³/mol. The summed E-state index contributed by atoms with van der Waals surface area (Å²) in [4.78, 5) is 4.59. The maximum absolute atomic E-state index is 14.0. The molecule has 0 aliphatic heterocycles. The number of nitrogens with zero attached hydrogens (tertiary/aromatic N) is 1. The van der Waals surface area contributed by atoms with Crippen molar-refractivity contribution in [1.29, 1.82) is 0 Å². The highest BCUT2D eigenvalue weighted by molar-refractivity contribution is 9.10. The van der Waals surface area contributed by atoms with Crippen molar-refractivity contribution in [3.05, 3.63) is 83.0 Å². The third-order valence-corrected chi connectivity index (χ3v) is 7.35. The van der Waals surface area contributed by atoms with E-state index in [1.165, 1.54) is 0 Å². The molecule has 3 aromatic rings. The smallest absolute Gasteiger partial charge is 0.188 e. The summed E-state index contributed by atoms with van der Waals surface area (Å²) < 4.78 is 14.9. The van der Waals surface area contributed by atoms with Crippen LogP contribution >= 0.6 is 23.1 Å². The second-order valence-corrected chi connectivity index (χ2v) is 8.58. The minimum atomic E-state index is -2.96. The summed E-state index contributed by atoms with van der Waals surface area (Å²) >= 11 is 3.46. The SMILES string of the molecule is Cc1nc(P(=O)(c2ccccc2)c2ccccc2)ccc1Br. The minimum absolute atomic E-state index is 0.616. The third kappa shape index (κ3) is 2.67. The molecule has 110 valence electrons. The maximum atomic E-state index is 14.0. The Labute approximate surface area is 138 Å². The first kappa shape index (κ1) is 15.2. The van der Waals surface area contributed by atoms with Gasteiger partial charge in [0.05, 0.1) is 5.69 Å². The van der Waals surface area contributed by atoms with Crippen LogP contribution in [0.15, 0.2) is 77.3 Å². The van der Waals surface area contributed by atoms with Crippen molar-refractivity contribution in [2.24, 2.45) is 0 Å². The first-order chi connectivity index (χ1) is 10.6. The van der Waals surface area contributed by atoms with Gasteiger partial charge >= 0.3 is 0 Å². The van der Waals surface area contributed by atoms with E-state index in [2.05, 4.69) is 20.9 Å². The summed E-state index contributed by atoms with van der Waals surface area (Å²) in [5, 5.41) is 1.60. The lowest BCUT2D eigenvalue weighted by Crippen LogP contribution is -2.27. The van der Waals surface area contributed by atoms with E-state index in [1.54, 1.807) is 0 Å². The first-order valence-electron chi connectivity index (χ1n) is 6.97. The van der Waals surface area contributed by atoms with Gasteiger partial charge in [-0.15, -0.1) is 0 Å². The van der Waals surface area contributed by atoms with Crippen molar-refractivity contribution >= 4 is 39.1 Å². The molecule has 0 N–H and O–H groups in total. The van der Waals surface area contributed by atoms with Crippen LogP contribution in [0.4, 0.5) is 0 Å². The summed E-state index contributed by atoms with van der Waals surface area (Å²) in [6.45, 7) is 1.91. The normalized spacial score (nSPS) is 11.4. The molecule has 0 saturated heterocycles. The van der Waals surface area contributed by atoms with Gasteiger partial charge in [-0.2, -0.15) is 0 Å². The second-order valence-electron chi connectivity index (χ2n) is 5.02. The van der Waals surface area contributed by atoms with Crippen LogP contribution < -0.4 is 16.0 Å². The van der Waals surface area contributed by atoms with E-state index < -0.39 is 7.14 Å². The van der Waals surface area contributed by atoms with Gasteiger partial charge < -0.3 is 4.57 Å². The van der Waals surface area contributed by atoms with Crippen molar-refractivity contribution in [1.82, 2.24) is 4.98 Å². The zero-order valence-electron chi connectivity index (χ0n) is 12.1. The Bertz CT molecular complexity index is 791. The summed E-state index contributed by atoms with van der Waals surface area (Å²) in [5.74, 6) is 0. The van der Waals surface area contributed by atoms with Crippen molar-refractivity contribution < 1.29 is 4.57 Å². The van der Waals surface area contributed by atoms with E-state index in [-0.39, 0.29) is 0 Å². The molecule has 4 heteroatoms. The van der Waals surface area contributed by atoms with Gasteiger partial charge in [-0.3, -0.25) is 0 Å². The van der Waals surface area contributed by atoms with Crippen LogP contribution in [-0.4, -0.2) is 4.98 Å². The Morgan fingerprint density at radius 1 is 0.818 bits per heavy atom. The first-order valence-corrected chi connectivity index (χ1v) is 9.47. The molecule has 0 aliphatic carbocycles. The molecule has 0 saturated carbocycles. The van der Waals surface area contributed by atoms with Gasteiger partial charge in [0.1, 0.15) is 5.44 Å². The number of halogens is 1. The van der Waals surface area contributed by atoms with Crippen molar-refractivity contribution in [3.8, 4) is 0 Å². The van der Waals surface area contributed by atoms with Gasteiger partial charge in [-0.1, -0.05) is 60.7 Å². The highest BCUT2D eigenvalue weighted by Crippen LogP contribution is 2.41. The predicted octanol–water partition coefficient (Wildman–Crippen LogP) is 3.79. The molecule has 22 heavy (non-hydrogen) atoms. The Morgan fingerprint density at radius 2 is 1.32 bits per heavy atom. The van der Waals surface area contributed by atoms with Gasteiger partial charge in [-0.25, -0.2) is 4.98 Å². The van der Waals surface area contributed by atoms with E-state index in [0.29, 0.717) is 5.44 Å². The minimum Gasteiger partial charge on any atom is -0.307 e. The Balaban J connectivity index is 2.28. The molecule has 0 aliphatic rings. The molecule has 0 bridgehead atoms. The zero-order valence-corrected chi connectivity index (χ0v) is 14.6. The van der Waals surface area contributed by atoms with Crippen LogP contribution in [0.1, 0.15) is 5.69 Å². The number of hydrogen-bond donors (Lipinski definition) is 0. The summed E-state index contributed by atoms with van der Waals surface area (Å²) in [7, 11) is -2.96. The average Bonchev–Trinajstić information content (AvgIpc) is 2.58. The van der Waals surface area contributed by atoms with Gasteiger partial charge in [0.25, 0.3) is 0 Å². The molecule has 0 unspecified atom stereocenters. The van der Waals surface area contributed by atoms with Crippen LogP contribution in [0.3, 0.4) is 0 Å². The quantitative estimate of drug-likeness (QED) is 0.655. The molecule has 0 spiro atoms. The molecule has 0 radical (unpaired) electrons. The van der Waals surface area contributed by atoms with Crippen molar-refractivity contribution in [2.75, 3.05) is 0 Å². The fraction of sp³-hybridized carbons (Fsp3) is 0.0556. The number of aromatic nitrogens is 1. The summed E-state index contributed by atoms with van der Waals surface area (Å²) in [6.07, 6.45) is 0.